The minimum Gasteiger partial charge on any atom is -0.289 e. The minimum atomic E-state index is -0.408. The van der Waals surface area contributed by atoms with Gasteiger partial charge in [-0.3, -0.25) is 19.2 Å². The first-order chi connectivity index (χ1) is 36.5. The van der Waals surface area contributed by atoms with Gasteiger partial charge in [0.2, 0.25) is 0 Å². The number of fused-ring (bicyclic) bond motifs is 4. The van der Waals surface area contributed by atoms with Gasteiger partial charge >= 0.3 is 0 Å². The van der Waals surface area contributed by atoms with Crippen molar-refractivity contribution in [3.05, 3.63) is 296 Å². The highest BCUT2D eigenvalue weighted by Gasteiger charge is 2.31. The van der Waals surface area contributed by atoms with Crippen molar-refractivity contribution in [3.8, 4) is 89.0 Å². The van der Waals surface area contributed by atoms with Crippen LogP contribution >= 0.6 is 0 Å². The Balaban J connectivity index is 1.29. The van der Waals surface area contributed by atoms with Gasteiger partial charge in [-0.05, 0) is 78.9 Å². The van der Waals surface area contributed by atoms with Gasteiger partial charge in [-0.15, -0.1) is 0 Å². The predicted octanol–water partition coefficient (Wildman–Crippen LogP) is 16.0. The molecule has 0 atom stereocenters. The van der Waals surface area contributed by atoms with Gasteiger partial charge in [0.15, 0.2) is 21.7 Å². The molecule has 0 saturated carbocycles. The highest BCUT2D eigenvalue weighted by Crippen LogP contribution is 2.52. The molecule has 4 heteroatoms. The Labute approximate surface area is 425 Å². The molecular formula is C70H42O4. The fraction of sp³-hybridized carbons (Fsp3) is 0. The van der Waals surface area contributed by atoms with Crippen LogP contribution in [0.2, 0.25) is 0 Å². The first kappa shape index (κ1) is 44.1. The van der Waals surface area contributed by atoms with Crippen molar-refractivity contribution >= 4 is 43.1 Å². The van der Waals surface area contributed by atoms with Gasteiger partial charge in [-0.1, -0.05) is 243 Å². The van der Waals surface area contributed by atoms with E-state index in [2.05, 4.69) is 0 Å². The Morgan fingerprint density at radius 3 is 0.446 bits per heavy atom. The molecule has 13 aromatic rings. The molecule has 0 bridgehead atoms. The standard InChI is InChI=1S/C70H42O4/c71-67-51-41-53-54(70(74)66-62(50-39-23-8-24-40-50)58(46-31-15-4-16-32-46)57(45-29-13-3-14-30-45)61(65(66)69(53)73)49-37-21-7-22-38-49)42-52(51)68(72)64-60(48-35-19-6-20-36-48)56(44-27-11-2-12-28-44)55(43-25-9-1-10-26-43)59(63(64)67)47-33-17-5-18-34-47/h1-42H. The predicted molar refractivity (Wildman–Crippen MR) is 307 cm³/mol. The molecule has 0 aliphatic carbocycles. The van der Waals surface area contributed by atoms with E-state index in [0.717, 1.165) is 66.8 Å². The van der Waals surface area contributed by atoms with Crippen molar-refractivity contribution < 1.29 is 0 Å². The summed E-state index contributed by atoms with van der Waals surface area (Å²) in [7, 11) is 0. The van der Waals surface area contributed by atoms with Crippen LogP contribution in [0, 0.1) is 0 Å². The van der Waals surface area contributed by atoms with Gasteiger partial charge in [-0.2, -0.15) is 0 Å². The summed E-state index contributed by atoms with van der Waals surface area (Å²) in [4.78, 5) is 64.8. The van der Waals surface area contributed by atoms with E-state index in [9.17, 15) is 0 Å². The second-order valence-electron chi connectivity index (χ2n) is 18.7. The fourth-order valence-electron chi connectivity index (χ4n) is 11.4. The van der Waals surface area contributed by atoms with Gasteiger partial charge < -0.3 is 0 Å². The van der Waals surface area contributed by atoms with E-state index in [0.29, 0.717) is 22.3 Å². The first-order valence-corrected chi connectivity index (χ1v) is 24.8. The molecule has 0 heterocycles. The molecule has 0 unspecified atom stereocenters. The summed E-state index contributed by atoms with van der Waals surface area (Å²) in [5.74, 6) is 0. The van der Waals surface area contributed by atoms with Crippen LogP contribution in [-0.4, -0.2) is 0 Å². The van der Waals surface area contributed by atoms with Gasteiger partial charge in [0.05, 0.1) is 0 Å². The molecule has 0 N–H and O–H groups in total. The molecule has 0 saturated heterocycles. The van der Waals surface area contributed by atoms with Crippen LogP contribution in [0.1, 0.15) is 0 Å². The van der Waals surface area contributed by atoms with Crippen molar-refractivity contribution in [1.82, 2.24) is 0 Å². The Bertz CT molecular complexity index is 3950. The molecule has 0 spiro atoms. The summed E-state index contributed by atoms with van der Waals surface area (Å²) in [5, 5.41) is 1.27. The van der Waals surface area contributed by atoms with E-state index in [1.165, 1.54) is 12.1 Å². The smallest absolute Gasteiger partial charge is 0.195 e. The van der Waals surface area contributed by atoms with Crippen LogP contribution in [0.5, 0.6) is 0 Å². The van der Waals surface area contributed by atoms with Gasteiger partial charge in [0.25, 0.3) is 0 Å². The van der Waals surface area contributed by atoms with Crippen molar-refractivity contribution in [2.24, 2.45) is 0 Å². The monoisotopic (exact) mass is 946 g/mol. The summed E-state index contributed by atoms with van der Waals surface area (Å²) in [5.41, 5.74) is 10.5. The quantitative estimate of drug-likeness (QED) is 0.142. The summed E-state index contributed by atoms with van der Waals surface area (Å²) in [6.45, 7) is 0. The van der Waals surface area contributed by atoms with Gasteiger partial charge in [0.1, 0.15) is 0 Å². The summed E-state index contributed by atoms with van der Waals surface area (Å²) in [6, 6.07) is 82.1. The Morgan fingerprint density at radius 2 is 0.297 bits per heavy atom. The summed E-state index contributed by atoms with van der Waals surface area (Å²) in [6.07, 6.45) is 0. The third-order valence-corrected chi connectivity index (χ3v) is 14.5. The normalized spacial score (nSPS) is 11.5. The summed E-state index contributed by atoms with van der Waals surface area (Å²) < 4.78 is 0. The summed E-state index contributed by atoms with van der Waals surface area (Å²) >= 11 is 0. The van der Waals surface area contributed by atoms with Crippen LogP contribution in [0.25, 0.3) is 132 Å². The van der Waals surface area contributed by atoms with Crippen molar-refractivity contribution in [1.29, 1.82) is 0 Å². The third-order valence-electron chi connectivity index (χ3n) is 14.5. The van der Waals surface area contributed by atoms with E-state index in [-0.39, 0.29) is 43.1 Å². The van der Waals surface area contributed by atoms with E-state index < -0.39 is 21.7 Å². The average molecular weight is 947 g/mol. The molecule has 13 rings (SSSR count). The van der Waals surface area contributed by atoms with E-state index in [4.69, 9.17) is 0 Å². The maximum Gasteiger partial charge on any atom is 0.195 e. The molecule has 0 aromatic heterocycles. The number of rotatable bonds is 8. The molecule has 0 radical (unpaired) electrons. The zero-order valence-electron chi connectivity index (χ0n) is 39.9. The lowest BCUT2D eigenvalue weighted by molar-refractivity contribution is 1.55. The molecule has 4 nitrogen and oxygen atoms in total. The van der Waals surface area contributed by atoms with E-state index in [1.807, 2.05) is 243 Å². The zero-order chi connectivity index (χ0) is 49.9. The second-order valence-corrected chi connectivity index (χ2v) is 18.7. The minimum absolute atomic E-state index is 0.0715. The van der Waals surface area contributed by atoms with E-state index in [1.54, 1.807) is 0 Å². The molecule has 346 valence electrons. The second kappa shape index (κ2) is 18.1. The lowest BCUT2D eigenvalue weighted by atomic mass is 9.77. The fourth-order valence-corrected chi connectivity index (χ4v) is 11.4. The molecule has 0 aliphatic rings. The van der Waals surface area contributed by atoms with Crippen LogP contribution in [0.3, 0.4) is 0 Å². The Morgan fingerprint density at radius 1 is 0.162 bits per heavy atom. The molecule has 0 amide bonds. The van der Waals surface area contributed by atoms with Gasteiger partial charge in [-0.25, -0.2) is 0 Å². The van der Waals surface area contributed by atoms with Crippen molar-refractivity contribution in [2.75, 3.05) is 0 Å². The number of hydrogen-bond donors (Lipinski definition) is 0. The molecule has 0 aliphatic heterocycles. The van der Waals surface area contributed by atoms with Gasteiger partial charge in [0, 0.05) is 65.3 Å². The number of benzene rings is 13. The Kier molecular flexibility index (Phi) is 10.8. The van der Waals surface area contributed by atoms with Crippen LogP contribution in [0.4, 0.5) is 0 Å². The molecule has 74 heavy (non-hydrogen) atoms. The largest absolute Gasteiger partial charge is 0.289 e. The van der Waals surface area contributed by atoms with Crippen LogP contribution in [-0.2, 0) is 0 Å². The maximum absolute atomic E-state index is 16.2. The Hall–Kier alpha value is -9.90. The lowest BCUT2D eigenvalue weighted by Crippen LogP contribution is -2.20. The topological polar surface area (TPSA) is 68.3 Å². The molecular weight excluding hydrogens is 905 g/mol. The lowest BCUT2D eigenvalue weighted by Gasteiger charge is -2.24. The molecule has 0 fully saturated rings. The SMILES string of the molecule is O=c1c2cc3c(=O)c4c(-c5ccccc5)c(-c5ccccc5)c(-c5ccccc5)c(-c5ccccc5)c4c(=O)c3cc2c(=O)c2c(-c3ccccc3)c(-c3ccccc3)c(-c3ccccc3)c(-c3ccccc3)c12. The zero-order valence-corrected chi connectivity index (χ0v) is 39.9. The maximum atomic E-state index is 16.2. The third kappa shape index (κ3) is 6.99. The molecule has 13 aromatic carbocycles. The average Bonchev–Trinajstić information content (AvgIpc) is 3.60. The van der Waals surface area contributed by atoms with Crippen LogP contribution in [0.15, 0.2) is 274 Å². The first-order valence-electron chi connectivity index (χ1n) is 24.8. The highest BCUT2D eigenvalue weighted by molar-refractivity contribution is 6.24. The highest BCUT2D eigenvalue weighted by atomic mass is 16.1. The van der Waals surface area contributed by atoms with Crippen molar-refractivity contribution in [2.45, 2.75) is 0 Å². The number of hydrogen-bond acceptors (Lipinski definition) is 4. The van der Waals surface area contributed by atoms with E-state index >= 15 is 19.2 Å². The van der Waals surface area contributed by atoms with Crippen molar-refractivity contribution in [3.63, 3.8) is 0 Å². The van der Waals surface area contributed by atoms with Crippen LogP contribution < -0.4 is 21.7 Å².